The molecule has 0 atom stereocenters. The van der Waals surface area contributed by atoms with E-state index in [2.05, 4.69) is 37.4 Å². The van der Waals surface area contributed by atoms with E-state index in [0.29, 0.717) is 0 Å². The van der Waals surface area contributed by atoms with Gasteiger partial charge in [-0.3, -0.25) is 0 Å². The van der Waals surface area contributed by atoms with E-state index in [1.54, 1.807) is 7.11 Å². The van der Waals surface area contributed by atoms with Crippen LogP contribution < -0.4 is 5.32 Å². The standard InChI is InChI=1S/C14H23NO/c1-12-9-13(2)11-14(10-12)5-4-6-15-7-8-16-3/h9-11,15H,4-8H2,1-3H3. The highest BCUT2D eigenvalue weighted by Crippen LogP contribution is 2.10. The molecule has 0 saturated heterocycles. The number of ether oxygens (including phenoxy) is 1. The molecule has 0 amide bonds. The van der Waals surface area contributed by atoms with Gasteiger partial charge in [-0.05, 0) is 38.8 Å². The highest BCUT2D eigenvalue weighted by Gasteiger charge is 1.96. The van der Waals surface area contributed by atoms with E-state index in [4.69, 9.17) is 4.74 Å². The average molecular weight is 221 g/mol. The Morgan fingerprint density at radius 3 is 2.38 bits per heavy atom. The third kappa shape index (κ3) is 5.29. The average Bonchev–Trinajstić information content (AvgIpc) is 2.22. The lowest BCUT2D eigenvalue weighted by Crippen LogP contribution is -2.20. The van der Waals surface area contributed by atoms with Crippen molar-refractivity contribution in [2.45, 2.75) is 26.7 Å². The van der Waals surface area contributed by atoms with Crippen molar-refractivity contribution < 1.29 is 4.74 Å². The van der Waals surface area contributed by atoms with Crippen LogP contribution in [0.25, 0.3) is 0 Å². The van der Waals surface area contributed by atoms with Crippen LogP contribution >= 0.6 is 0 Å². The van der Waals surface area contributed by atoms with Crippen molar-refractivity contribution in [3.05, 3.63) is 34.9 Å². The maximum atomic E-state index is 4.98. The molecule has 0 bridgehead atoms. The SMILES string of the molecule is COCCNCCCc1cc(C)cc(C)c1. The van der Waals surface area contributed by atoms with Gasteiger partial charge in [-0.15, -0.1) is 0 Å². The van der Waals surface area contributed by atoms with Gasteiger partial charge in [0.2, 0.25) is 0 Å². The van der Waals surface area contributed by atoms with Crippen molar-refractivity contribution in [3.8, 4) is 0 Å². The summed E-state index contributed by atoms with van der Waals surface area (Å²) >= 11 is 0. The number of aryl methyl sites for hydroxylation is 3. The Morgan fingerprint density at radius 2 is 1.75 bits per heavy atom. The molecule has 1 aromatic rings. The molecule has 1 aromatic carbocycles. The van der Waals surface area contributed by atoms with Crippen molar-refractivity contribution in [1.29, 1.82) is 0 Å². The molecule has 1 rings (SSSR count). The monoisotopic (exact) mass is 221 g/mol. The van der Waals surface area contributed by atoms with Crippen molar-refractivity contribution in [3.63, 3.8) is 0 Å². The van der Waals surface area contributed by atoms with Crippen LogP contribution in [0.15, 0.2) is 18.2 Å². The topological polar surface area (TPSA) is 21.3 Å². The Balaban J connectivity index is 2.21. The van der Waals surface area contributed by atoms with Crippen LogP contribution in [-0.4, -0.2) is 26.8 Å². The van der Waals surface area contributed by atoms with Crippen LogP contribution in [0.4, 0.5) is 0 Å². The predicted molar refractivity (Wildman–Crippen MR) is 69.0 cm³/mol. The molecule has 1 N–H and O–H groups in total. The highest BCUT2D eigenvalue weighted by atomic mass is 16.5. The molecule has 2 heteroatoms. The Morgan fingerprint density at radius 1 is 1.06 bits per heavy atom. The van der Waals surface area contributed by atoms with E-state index in [9.17, 15) is 0 Å². The van der Waals surface area contributed by atoms with Gasteiger partial charge in [0.15, 0.2) is 0 Å². The minimum atomic E-state index is 0.795. The van der Waals surface area contributed by atoms with Crippen molar-refractivity contribution in [2.24, 2.45) is 0 Å². The molecule has 16 heavy (non-hydrogen) atoms. The summed E-state index contributed by atoms with van der Waals surface area (Å²) in [5, 5.41) is 3.36. The second-order valence-corrected chi connectivity index (χ2v) is 4.34. The summed E-state index contributed by atoms with van der Waals surface area (Å²) in [6, 6.07) is 6.78. The molecule has 0 aliphatic rings. The molecule has 0 spiro atoms. The number of methoxy groups -OCH3 is 1. The van der Waals surface area contributed by atoms with E-state index in [0.717, 1.165) is 26.1 Å². The van der Waals surface area contributed by atoms with E-state index >= 15 is 0 Å². The van der Waals surface area contributed by atoms with Crippen LogP contribution in [0, 0.1) is 13.8 Å². The van der Waals surface area contributed by atoms with Gasteiger partial charge in [0.1, 0.15) is 0 Å². The van der Waals surface area contributed by atoms with Crippen LogP contribution in [0.3, 0.4) is 0 Å². The van der Waals surface area contributed by atoms with Gasteiger partial charge in [0, 0.05) is 13.7 Å². The maximum absolute atomic E-state index is 4.98. The number of rotatable bonds is 7. The first kappa shape index (κ1) is 13.2. The number of hydrogen-bond donors (Lipinski definition) is 1. The summed E-state index contributed by atoms with van der Waals surface area (Å²) in [5.74, 6) is 0. The third-order valence-corrected chi connectivity index (χ3v) is 2.58. The minimum absolute atomic E-state index is 0.795. The quantitative estimate of drug-likeness (QED) is 0.714. The fourth-order valence-corrected chi connectivity index (χ4v) is 1.93. The Bertz CT molecular complexity index is 289. The molecule has 0 unspecified atom stereocenters. The zero-order valence-corrected chi connectivity index (χ0v) is 10.7. The van der Waals surface area contributed by atoms with Crippen LogP contribution in [-0.2, 0) is 11.2 Å². The molecule has 2 nitrogen and oxygen atoms in total. The Kier molecular flexibility index (Phi) is 6.12. The molecule has 0 heterocycles. The van der Waals surface area contributed by atoms with E-state index < -0.39 is 0 Å². The second kappa shape index (κ2) is 7.42. The first-order chi connectivity index (χ1) is 7.72. The molecule has 90 valence electrons. The fraction of sp³-hybridized carbons (Fsp3) is 0.571. The molecule has 0 saturated carbocycles. The molecule has 0 aromatic heterocycles. The summed E-state index contributed by atoms with van der Waals surface area (Å²) in [6.45, 7) is 7.13. The Labute approximate surface area is 99.0 Å². The lowest BCUT2D eigenvalue weighted by Gasteiger charge is -2.06. The zero-order valence-electron chi connectivity index (χ0n) is 10.7. The molecule has 0 aliphatic carbocycles. The summed E-state index contributed by atoms with van der Waals surface area (Å²) < 4.78 is 4.98. The third-order valence-electron chi connectivity index (χ3n) is 2.58. The summed E-state index contributed by atoms with van der Waals surface area (Å²) in [5.41, 5.74) is 4.18. The molecule has 0 fully saturated rings. The molecule has 0 aliphatic heterocycles. The fourth-order valence-electron chi connectivity index (χ4n) is 1.93. The van der Waals surface area contributed by atoms with Crippen LogP contribution in [0.2, 0.25) is 0 Å². The number of benzene rings is 1. The Hall–Kier alpha value is -0.860. The maximum Gasteiger partial charge on any atom is 0.0587 e. The van der Waals surface area contributed by atoms with E-state index in [1.807, 2.05) is 0 Å². The van der Waals surface area contributed by atoms with Gasteiger partial charge >= 0.3 is 0 Å². The summed E-state index contributed by atoms with van der Waals surface area (Å²) in [7, 11) is 1.73. The second-order valence-electron chi connectivity index (χ2n) is 4.34. The molecular formula is C14H23NO. The van der Waals surface area contributed by atoms with Crippen molar-refractivity contribution in [2.75, 3.05) is 26.8 Å². The van der Waals surface area contributed by atoms with Gasteiger partial charge in [0.05, 0.1) is 6.61 Å². The van der Waals surface area contributed by atoms with Gasteiger partial charge < -0.3 is 10.1 Å². The van der Waals surface area contributed by atoms with Crippen LogP contribution in [0.1, 0.15) is 23.1 Å². The molecular weight excluding hydrogens is 198 g/mol. The number of hydrogen-bond acceptors (Lipinski definition) is 2. The van der Waals surface area contributed by atoms with Gasteiger partial charge in [-0.1, -0.05) is 29.3 Å². The lowest BCUT2D eigenvalue weighted by atomic mass is 10.0. The minimum Gasteiger partial charge on any atom is -0.383 e. The van der Waals surface area contributed by atoms with Crippen molar-refractivity contribution in [1.82, 2.24) is 5.32 Å². The van der Waals surface area contributed by atoms with Gasteiger partial charge in [-0.2, -0.15) is 0 Å². The smallest absolute Gasteiger partial charge is 0.0587 e. The first-order valence-corrected chi connectivity index (χ1v) is 5.99. The van der Waals surface area contributed by atoms with E-state index in [-0.39, 0.29) is 0 Å². The molecule has 0 radical (unpaired) electrons. The lowest BCUT2D eigenvalue weighted by molar-refractivity contribution is 0.199. The largest absolute Gasteiger partial charge is 0.383 e. The van der Waals surface area contributed by atoms with Crippen molar-refractivity contribution >= 4 is 0 Å². The van der Waals surface area contributed by atoms with Gasteiger partial charge in [-0.25, -0.2) is 0 Å². The normalized spacial score (nSPS) is 10.7. The summed E-state index contributed by atoms with van der Waals surface area (Å²) in [6.07, 6.45) is 2.34. The predicted octanol–water partition coefficient (Wildman–Crippen LogP) is 2.47. The summed E-state index contributed by atoms with van der Waals surface area (Å²) in [4.78, 5) is 0. The van der Waals surface area contributed by atoms with E-state index in [1.165, 1.54) is 23.1 Å². The van der Waals surface area contributed by atoms with Crippen LogP contribution in [0.5, 0.6) is 0 Å². The highest BCUT2D eigenvalue weighted by molar-refractivity contribution is 5.28. The first-order valence-electron chi connectivity index (χ1n) is 5.99. The van der Waals surface area contributed by atoms with Gasteiger partial charge in [0.25, 0.3) is 0 Å². The zero-order chi connectivity index (χ0) is 11.8. The number of nitrogens with one attached hydrogen (secondary N) is 1.